The van der Waals surface area contributed by atoms with Gasteiger partial charge in [-0.2, -0.15) is 0 Å². The van der Waals surface area contributed by atoms with Gasteiger partial charge in [0, 0.05) is 24.1 Å². The number of hydrogen-bond acceptors (Lipinski definition) is 2. The first-order valence-electron chi connectivity index (χ1n) is 6.95. The van der Waals surface area contributed by atoms with E-state index in [4.69, 9.17) is 17.3 Å². The molecule has 4 heteroatoms. The summed E-state index contributed by atoms with van der Waals surface area (Å²) in [5, 5.41) is 0.771. The Morgan fingerprint density at radius 2 is 1.76 bits per heavy atom. The fourth-order valence-corrected chi connectivity index (χ4v) is 2.92. The molecule has 0 saturated carbocycles. The zero-order valence-electron chi connectivity index (χ0n) is 12.3. The number of anilines is 1. The quantitative estimate of drug-likeness (QED) is 0.835. The van der Waals surface area contributed by atoms with Crippen LogP contribution < -0.4 is 10.6 Å². The van der Waals surface area contributed by atoms with E-state index in [-0.39, 0.29) is 6.04 Å². The third-order valence-electron chi connectivity index (χ3n) is 3.31. The lowest BCUT2D eigenvalue weighted by Gasteiger charge is -2.21. The average Bonchev–Trinajstić information content (AvgIpc) is 2.40. The molecule has 21 heavy (non-hydrogen) atoms. The third-order valence-corrected chi connectivity index (χ3v) is 4.15. The van der Waals surface area contributed by atoms with Crippen molar-refractivity contribution in [1.82, 2.24) is 0 Å². The summed E-state index contributed by atoms with van der Waals surface area (Å²) >= 11 is 9.86. The van der Waals surface area contributed by atoms with Gasteiger partial charge in [-0.1, -0.05) is 45.7 Å². The largest absolute Gasteiger partial charge is 0.369 e. The van der Waals surface area contributed by atoms with Crippen molar-refractivity contribution in [2.24, 2.45) is 5.73 Å². The summed E-state index contributed by atoms with van der Waals surface area (Å²) < 4.78 is 1.09. The van der Waals surface area contributed by atoms with Gasteiger partial charge in [-0.05, 0) is 48.7 Å². The number of nitrogens with two attached hydrogens (primary N) is 1. The monoisotopic (exact) mass is 366 g/mol. The van der Waals surface area contributed by atoms with Crippen LogP contribution in [0, 0.1) is 0 Å². The predicted molar refractivity (Wildman–Crippen MR) is 95.1 cm³/mol. The van der Waals surface area contributed by atoms with Crippen LogP contribution in [0.2, 0.25) is 5.02 Å². The molecule has 2 N–H and O–H groups in total. The van der Waals surface area contributed by atoms with Crippen molar-refractivity contribution in [3.8, 4) is 0 Å². The maximum atomic E-state index is 6.41. The molecule has 0 aliphatic carbocycles. The minimum Gasteiger partial charge on any atom is -0.369 e. The van der Waals surface area contributed by atoms with E-state index in [1.807, 2.05) is 13.0 Å². The first kappa shape index (κ1) is 16.3. The highest BCUT2D eigenvalue weighted by molar-refractivity contribution is 9.10. The van der Waals surface area contributed by atoms with Crippen LogP contribution in [0.25, 0.3) is 0 Å². The summed E-state index contributed by atoms with van der Waals surface area (Å²) in [7, 11) is 2.05. The number of hydrogen-bond donors (Lipinski definition) is 1. The lowest BCUT2D eigenvalue weighted by Crippen LogP contribution is -2.19. The van der Waals surface area contributed by atoms with Crippen LogP contribution in [0.5, 0.6) is 0 Å². The van der Waals surface area contributed by atoms with Gasteiger partial charge in [0.1, 0.15) is 0 Å². The van der Waals surface area contributed by atoms with Crippen molar-refractivity contribution < 1.29 is 0 Å². The molecule has 0 radical (unpaired) electrons. The Kier molecular flexibility index (Phi) is 5.68. The predicted octanol–water partition coefficient (Wildman–Crippen LogP) is 4.63. The molecule has 0 spiro atoms. The molecule has 2 nitrogen and oxygen atoms in total. The second-order valence-corrected chi connectivity index (χ2v) is 6.77. The van der Waals surface area contributed by atoms with Gasteiger partial charge in [0.15, 0.2) is 0 Å². The topological polar surface area (TPSA) is 29.3 Å². The van der Waals surface area contributed by atoms with E-state index < -0.39 is 0 Å². The molecule has 1 unspecified atom stereocenters. The van der Waals surface area contributed by atoms with Crippen molar-refractivity contribution in [3.63, 3.8) is 0 Å². The standard InChI is InChI=1S/C17H20BrClN2/c1-12(20)9-14-5-8-17(16(19)10-14)21(2)11-13-3-6-15(18)7-4-13/h3-8,10,12H,9,11,20H2,1-2H3. The van der Waals surface area contributed by atoms with Gasteiger partial charge < -0.3 is 10.6 Å². The molecule has 0 bridgehead atoms. The first-order valence-corrected chi connectivity index (χ1v) is 8.12. The van der Waals surface area contributed by atoms with Gasteiger partial charge in [0.05, 0.1) is 10.7 Å². The maximum absolute atomic E-state index is 6.41. The Labute approximate surface area is 140 Å². The van der Waals surface area contributed by atoms with Crippen LogP contribution in [0.1, 0.15) is 18.1 Å². The van der Waals surface area contributed by atoms with E-state index >= 15 is 0 Å². The fourth-order valence-electron chi connectivity index (χ4n) is 2.31. The normalized spacial score (nSPS) is 12.2. The summed E-state index contributed by atoms with van der Waals surface area (Å²) in [5.74, 6) is 0. The van der Waals surface area contributed by atoms with Gasteiger partial charge >= 0.3 is 0 Å². The van der Waals surface area contributed by atoms with Crippen LogP contribution in [-0.4, -0.2) is 13.1 Å². The molecule has 0 fully saturated rings. The Morgan fingerprint density at radius 3 is 2.33 bits per heavy atom. The Bertz CT molecular complexity index is 596. The van der Waals surface area contributed by atoms with E-state index in [0.29, 0.717) is 0 Å². The Hall–Kier alpha value is -1.03. The minimum absolute atomic E-state index is 0.146. The van der Waals surface area contributed by atoms with Crippen LogP contribution >= 0.6 is 27.5 Å². The van der Waals surface area contributed by atoms with Crippen molar-refractivity contribution >= 4 is 33.2 Å². The molecule has 112 valence electrons. The fraction of sp³-hybridized carbons (Fsp3) is 0.294. The summed E-state index contributed by atoms with van der Waals surface area (Å²) in [5.41, 5.74) is 9.29. The Balaban J connectivity index is 2.11. The van der Waals surface area contributed by atoms with Gasteiger partial charge in [0.25, 0.3) is 0 Å². The van der Waals surface area contributed by atoms with Crippen molar-refractivity contribution in [3.05, 3.63) is 63.1 Å². The summed E-state index contributed by atoms with van der Waals surface area (Å²) in [6, 6.07) is 14.7. The smallest absolute Gasteiger partial charge is 0.0642 e. The zero-order chi connectivity index (χ0) is 15.4. The molecule has 2 rings (SSSR count). The maximum Gasteiger partial charge on any atom is 0.0642 e. The number of halogens is 2. The molecule has 0 aliphatic rings. The minimum atomic E-state index is 0.146. The van der Waals surface area contributed by atoms with Gasteiger partial charge in [-0.15, -0.1) is 0 Å². The van der Waals surface area contributed by atoms with E-state index in [0.717, 1.165) is 28.1 Å². The van der Waals surface area contributed by atoms with Crippen LogP contribution in [0.3, 0.4) is 0 Å². The second kappa shape index (κ2) is 7.30. The van der Waals surface area contributed by atoms with Crippen molar-refractivity contribution in [1.29, 1.82) is 0 Å². The highest BCUT2D eigenvalue weighted by Crippen LogP contribution is 2.27. The first-order chi connectivity index (χ1) is 9.95. The number of nitrogens with zero attached hydrogens (tertiary/aromatic N) is 1. The van der Waals surface area contributed by atoms with Crippen LogP contribution in [0.15, 0.2) is 46.9 Å². The molecule has 0 amide bonds. The van der Waals surface area contributed by atoms with E-state index in [1.165, 1.54) is 11.1 Å². The van der Waals surface area contributed by atoms with E-state index in [2.05, 4.69) is 64.3 Å². The number of benzene rings is 2. The average molecular weight is 368 g/mol. The molecule has 0 aromatic heterocycles. The summed E-state index contributed by atoms with van der Waals surface area (Å²) in [4.78, 5) is 2.15. The third kappa shape index (κ3) is 4.73. The zero-order valence-corrected chi connectivity index (χ0v) is 14.7. The lowest BCUT2D eigenvalue weighted by molar-refractivity contribution is 0.738. The van der Waals surface area contributed by atoms with Gasteiger partial charge in [-0.25, -0.2) is 0 Å². The SMILES string of the molecule is CC(N)Cc1ccc(N(C)Cc2ccc(Br)cc2)c(Cl)c1. The molecule has 0 saturated heterocycles. The van der Waals surface area contributed by atoms with Gasteiger partial charge in [-0.3, -0.25) is 0 Å². The van der Waals surface area contributed by atoms with Crippen molar-refractivity contribution in [2.75, 3.05) is 11.9 Å². The molecule has 2 aromatic rings. The molecule has 0 aliphatic heterocycles. The molecular formula is C17H20BrClN2. The summed E-state index contributed by atoms with van der Waals surface area (Å²) in [6.45, 7) is 2.82. The van der Waals surface area contributed by atoms with Crippen molar-refractivity contribution in [2.45, 2.75) is 25.9 Å². The van der Waals surface area contributed by atoms with Crippen LogP contribution in [0.4, 0.5) is 5.69 Å². The van der Waals surface area contributed by atoms with Crippen LogP contribution in [-0.2, 0) is 13.0 Å². The highest BCUT2D eigenvalue weighted by Gasteiger charge is 2.08. The number of rotatable bonds is 5. The molecule has 0 heterocycles. The Morgan fingerprint density at radius 1 is 1.14 bits per heavy atom. The lowest BCUT2D eigenvalue weighted by atomic mass is 10.1. The summed E-state index contributed by atoms with van der Waals surface area (Å²) in [6.07, 6.45) is 0.844. The molecule has 1 atom stereocenters. The highest BCUT2D eigenvalue weighted by atomic mass is 79.9. The molecular weight excluding hydrogens is 348 g/mol. The van der Waals surface area contributed by atoms with E-state index in [9.17, 15) is 0 Å². The van der Waals surface area contributed by atoms with E-state index in [1.54, 1.807) is 0 Å². The van der Waals surface area contributed by atoms with Gasteiger partial charge in [0.2, 0.25) is 0 Å². The second-order valence-electron chi connectivity index (χ2n) is 5.45. The molecule has 2 aromatic carbocycles.